The summed E-state index contributed by atoms with van der Waals surface area (Å²) < 4.78 is 11.9. The average Bonchev–Trinajstić information content (AvgIpc) is 3.21. The first-order valence-corrected chi connectivity index (χ1v) is 13.2. The lowest BCUT2D eigenvalue weighted by molar-refractivity contribution is -0.161. The van der Waals surface area contributed by atoms with Gasteiger partial charge in [-0.05, 0) is 57.6 Å². The van der Waals surface area contributed by atoms with E-state index in [2.05, 4.69) is 11.9 Å². The molecule has 3 heterocycles. The maximum Gasteiger partial charge on any atom is 0.309 e. The Morgan fingerprint density at radius 3 is 2.71 bits per heavy atom. The molecule has 0 amide bonds. The molecule has 188 valence electrons. The number of fused-ring (bicyclic) bond motifs is 3. The van der Waals surface area contributed by atoms with Gasteiger partial charge in [0.15, 0.2) is 0 Å². The fourth-order valence-electron chi connectivity index (χ4n) is 5.83. The Balaban J connectivity index is 1.59. The molecule has 8 heteroatoms. The number of carbonyl (C=O) groups is 2. The third-order valence-electron chi connectivity index (χ3n) is 8.26. The standard InChI is InChI=1S/C26H37NO6S/c1-14(9-18-13-34-16(3)27-18)19-10-21-26(5,33-21)8-6-7-17-12-25(4,20(28)11-22(29)32-19)24(31)15(2)23(17)30/h9,13,15,17,19-21,23,28,30H,6-8,10-12H2,1-5H3/b14-9+/t15-,17-,19+,20+,21?,23-,25+,26-/m1/s1. The minimum Gasteiger partial charge on any atom is -0.458 e. The summed E-state index contributed by atoms with van der Waals surface area (Å²) in [4.78, 5) is 30.6. The van der Waals surface area contributed by atoms with Crippen molar-refractivity contribution >= 4 is 29.2 Å². The second kappa shape index (κ2) is 9.45. The number of carbonyl (C=O) groups excluding carboxylic acids is 2. The first-order valence-electron chi connectivity index (χ1n) is 12.3. The molecule has 1 saturated carbocycles. The number of aliphatic hydroxyl groups excluding tert-OH is 2. The number of ketones is 1. The van der Waals surface area contributed by atoms with E-state index in [9.17, 15) is 19.8 Å². The van der Waals surface area contributed by atoms with Crippen LogP contribution in [0.25, 0.3) is 6.08 Å². The van der Waals surface area contributed by atoms with E-state index >= 15 is 0 Å². The highest BCUT2D eigenvalue weighted by Gasteiger charge is 2.55. The van der Waals surface area contributed by atoms with Crippen molar-refractivity contribution < 1.29 is 29.3 Å². The van der Waals surface area contributed by atoms with Crippen LogP contribution in [-0.2, 0) is 19.1 Å². The number of aliphatic hydroxyl groups is 2. The molecule has 8 atom stereocenters. The molecule has 1 aromatic heterocycles. The number of aryl methyl sites for hydroxylation is 1. The third kappa shape index (κ3) is 5.01. The highest BCUT2D eigenvalue weighted by Crippen LogP contribution is 2.48. The van der Waals surface area contributed by atoms with E-state index < -0.39 is 35.6 Å². The second-order valence-electron chi connectivity index (χ2n) is 11.0. The third-order valence-corrected chi connectivity index (χ3v) is 9.05. The summed E-state index contributed by atoms with van der Waals surface area (Å²) in [7, 11) is 0. The van der Waals surface area contributed by atoms with E-state index in [0.717, 1.165) is 35.5 Å². The number of rotatable bonds is 2. The minimum absolute atomic E-state index is 0.0271. The summed E-state index contributed by atoms with van der Waals surface area (Å²) in [6, 6.07) is 0. The first kappa shape index (κ1) is 25.5. The van der Waals surface area contributed by atoms with Crippen molar-refractivity contribution in [1.29, 1.82) is 0 Å². The van der Waals surface area contributed by atoms with Gasteiger partial charge in [-0.2, -0.15) is 0 Å². The summed E-state index contributed by atoms with van der Waals surface area (Å²) in [5, 5.41) is 24.7. The normalized spacial score (nSPS) is 41.9. The lowest BCUT2D eigenvalue weighted by atomic mass is 9.60. The molecule has 0 spiro atoms. The smallest absolute Gasteiger partial charge is 0.309 e. The average molecular weight is 492 g/mol. The van der Waals surface area contributed by atoms with Gasteiger partial charge in [-0.3, -0.25) is 9.59 Å². The molecular weight excluding hydrogens is 454 g/mol. The number of nitrogens with zero attached hydrogens (tertiary/aromatic N) is 1. The van der Waals surface area contributed by atoms with Crippen LogP contribution in [0.5, 0.6) is 0 Å². The molecule has 4 rings (SSSR count). The van der Waals surface area contributed by atoms with Crippen LogP contribution >= 0.6 is 11.3 Å². The van der Waals surface area contributed by atoms with Gasteiger partial charge in [-0.15, -0.1) is 11.3 Å². The maximum absolute atomic E-state index is 13.1. The van der Waals surface area contributed by atoms with Gasteiger partial charge in [0.1, 0.15) is 11.9 Å². The molecule has 0 aromatic carbocycles. The quantitative estimate of drug-likeness (QED) is 0.478. The van der Waals surface area contributed by atoms with Gasteiger partial charge in [0.05, 0.1) is 46.5 Å². The van der Waals surface area contributed by atoms with Crippen LogP contribution in [0.3, 0.4) is 0 Å². The van der Waals surface area contributed by atoms with Crippen LogP contribution in [0.4, 0.5) is 0 Å². The molecule has 2 saturated heterocycles. The van der Waals surface area contributed by atoms with E-state index in [-0.39, 0.29) is 29.8 Å². The van der Waals surface area contributed by atoms with Crippen molar-refractivity contribution in [1.82, 2.24) is 4.98 Å². The highest BCUT2D eigenvalue weighted by molar-refractivity contribution is 7.09. The van der Waals surface area contributed by atoms with Gasteiger partial charge in [-0.25, -0.2) is 4.98 Å². The monoisotopic (exact) mass is 491 g/mol. The van der Waals surface area contributed by atoms with E-state index in [1.165, 1.54) is 0 Å². The van der Waals surface area contributed by atoms with Gasteiger partial charge in [0, 0.05) is 17.7 Å². The zero-order valence-electron chi connectivity index (χ0n) is 20.7. The summed E-state index contributed by atoms with van der Waals surface area (Å²) in [6.45, 7) is 9.40. The Morgan fingerprint density at radius 2 is 2.03 bits per heavy atom. The number of hydrogen-bond donors (Lipinski definition) is 2. The number of epoxide rings is 1. The zero-order valence-corrected chi connectivity index (χ0v) is 21.6. The molecule has 34 heavy (non-hydrogen) atoms. The molecule has 7 nitrogen and oxygen atoms in total. The molecule has 1 unspecified atom stereocenters. The summed E-state index contributed by atoms with van der Waals surface area (Å²) >= 11 is 1.56. The number of aromatic nitrogens is 1. The Bertz CT molecular complexity index is 974. The van der Waals surface area contributed by atoms with Crippen LogP contribution < -0.4 is 0 Å². The lowest BCUT2D eigenvalue weighted by Gasteiger charge is -2.45. The number of cyclic esters (lactones) is 1. The van der Waals surface area contributed by atoms with Crippen LogP contribution in [0.2, 0.25) is 0 Å². The van der Waals surface area contributed by atoms with Crippen LogP contribution in [0, 0.1) is 24.2 Å². The van der Waals surface area contributed by atoms with Crippen molar-refractivity contribution in [2.75, 3.05) is 0 Å². The molecule has 3 fully saturated rings. The van der Waals surface area contributed by atoms with Gasteiger partial charge < -0.3 is 19.7 Å². The Hall–Kier alpha value is -1.61. The Morgan fingerprint density at radius 1 is 1.29 bits per heavy atom. The van der Waals surface area contributed by atoms with E-state index in [4.69, 9.17) is 9.47 Å². The van der Waals surface area contributed by atoms with Crippen molar-refractivity contribution in [3.05, 3.63) is 21.7 Å². The topological polar surface area (TPSA) is 109 Å². The number of esters is 1. The predicted molar refractivity (Wildman–Crippen MR) is 129 cm³/mol. The Labute approximate surface area is 205 Å². The van der Waals surface area contributed by atoms with Crippen molar-refractivity contribution in [2.45, 2.75) is 103 Å². The van der Waals surface area contributed by atoms with Crippen molar-refractivity contribution in [2.24, 2.45) is 17.3 Å². The number of ether oxygens (including phenoxy) is 2. The molecule has 2 aliphatic heterocycles. The largest absolute Gasteiger partial charge is 0.458 e. The van der Waals surface area contributed by atoms with E-state index in [1.54, 1.807) is 25.2 Å². The fraction of sp³-hybridized carbons (Fsp3) is 0.731. The summed E-state index contributed by atoms with van der Waals surface area (Å²) in [5.74, 6) is -1.41. The SMILES string of the molecule is C/C(=C\c1csc(C)n1)[C@@H]1CC2O[C@]2(C)CCC[C@@H]2C[C@](C)(C(=O)[C@H](C)[C@H]2O)[C@@H](O)CC(=O)O1. The number of hydrogen-bond acceptors (Lipinski definition) is 8. The number of thiazole rings is 1. The molecule has 2 bridgehead atoms. The highest BCUT2D eigenvalue weighted by atomic mass is 32.1. The maximum atomic E-state index is 13.1. The van der Waals surface area contributed by atoms with Crippen LogP contribution in [0.15, 0.2) is 11.0 Å². The van der Waals surface area contributed by atoms with E-state index in [1.807, 2.05) is 25.3 Å². The molecule has 1 aliphatic carbocycles. The molecule has 2 N–H and O–H groups in total. The van der Waals surface area contributed by atoms with Gasteiger partial charge in [0.25, 0.3) is 0 Å². The van der Waals surface area contributed by atoms with Gasteiger partial charge in [-0.1, -0.05) is 20.3 Å². The predicted octanol–water partition coefficient (Wildman–Crippen LogP) is 3.84. The molecule has 1 aromatic rings. The Kier molecular flexibility index (Phi) is 7.08. The van der Waals surface area contributed by atoms with E-state index in [0.29, 0.717) is 12.8 Å². The van der Waals surface area contributed by atoms with Crippen LogP contribution in [0.1, 0.15) is 76.9 Å². The second-order valence-corrected chi connectivity index (χ2v) is 12.0. The summed E-state index contributed by atoms with van der Waals surface area (Å²) in [6.07, 6.45) is 2.58. The lowest BCUT2D eigenvalue weighted by Crippen LogP contribution is -2.54. The first-order chi connectivity index (χ1) is 15.9. The molecule has 0 radical (unpaired) electrons. The van der Waals surface area contributed by atoms with Gasteiger partial charge in [0.2, 0.25) is 0 Å². The molecule has 3 aliphatic rings. The summed E-state index contributed by atoms with van der Waals surface area (Å²) in [5.41, 5.74) is 0.326. The number of Topliss-reactive ketones (excluding diaryl/α,β-unsaturated/α-hetero) is 1. The van der Waals surface area contributed by atoms with Gasteiger partial charge >= 0.3 is 5.97 Å². The molecular formula is C26H37NO6S. The zero-order chi connectivity index (χ0) is 24.8. The van der Waals surface area contributed by atoms with Crippen molar-refractivity contribution in [3.63, 3.8) is 0 Å². The fourth-order valence-corrected chi connectivity index (χ4v) is 6.40. The minimum atomic E-state index is -1.17. The van der Waals surface area contributed by atoms with Crippen molar-refractivity contribution in [3.8, 4) is 0 Å². The van der Waals surface area contributed by atoms with Crippen LogP contribution in [-0.4, -0.2) is 57.0 Å².